The van der Waals surface area contributed by atoms with Crippen LogP contribution in [0.2, 0.25) is 0 Å². The zero-order valence-corrected chi connectivity index (χ0v) is 16.8. The van der Waals surface area contributed by atoms with E-state index < -0.39 is 0 Å². The molecule has 1 unspecified atom stereocenters. The van der Waals surface area contributed by atoms with Gasteiger partial charge in [0.1, 0.15) is 0 Å². The number of anilines is 1. The van der Waals surface area contributed by atoms with Gasteiger partial charge in [-0.3, -0.25) is 4.99 Å². The van der Waals surface area contributed by atoms with Crippen LogP contribution in [0.25, 0.3) is 0 Å². The molecule has 1 aromatic rings. The molecular formula is C24H35N3. The molecule has 2 saturated carbocycles. The maximum absolute atomic E-state index is 5.23. The molecule has 2 aliphatic carbocycles. The van der Waals surface area contributed by atoms with Crippen molar-refractivity contribution in [1.82, 2.24) is 4.90 Å². The van der Waals surface area contributed by atoms with Crippen LogP contribution in [0.3, 0.4) is 0 Å². The molecule has 1 spiro atoms. The third kappa shape index (κ3) is 3.22. The number of aliphatic imine (C=N–C) groups is 1. The van der Waals surface area contributed by atoms with Crippen LogP contribution < -0.4 is 4.90 Å². The van der Waals surface area contributed by atoms with Gasteiger partial charge in [0.2, 0.25) is 0 Å². The molecule has 2 aliphatic heterocycles. The molecule has 27 heavy (non-hydrogen) atoms. The Morgan fingerprint density at radius 3 is 2.59 bits per heavy atom. The molecule has 3 nitrogen and oxygen atoms in total. The van der Waals surface area contributed by atoms with Gasteiger partial charge in [0.05, 0.1) is 11.4 Å². The number of nitrogens with zero attached hydrogens (tertiary/aromatic N) is 3. The van der Waals surface area contributed by atoms with Crippen LogP contribution in [0.15, 0.2) is 29.3 Å². The number of hydrogen-bond acceptors (Lipinski definition) is 3. The average Bonchev–Trinajstić information content (AvgIpc) is 3.35. The fourth-order valence-electron chi connectivity index (χ4n) is 6.49. The second kappa shape index (κ2) is 7.58. The Labute approximate surface area is 164 Å². The molecule has 0 aromatic heterocycles. The summed E-state index contributed by atoms with van der Waals surface area (Å²) in [4.78, 5) is 10.8. The lowest BCUT2D eigenvalue weighted by Crippen LogP contribution is -2.54. The lowest BCUT2D eigenvalue weighted by atomic mass is 9.78. The topological polar surface area (TPSA) is 18.8 Å². The molecule has 4 aliphatic rings. The molecular weight excluding hydrogens is 330 g/mol. The largest absolute Gasteiger partial charge is 0.363 e. The highest BCUT2D eigenvalue weighted by atomic mass is 15.2. The summed E-state index contributed by atoms with van der Waals surface area (Å²) in [5, 5.41) is 0. The van der Waals surface area contributed by atoms with Gasteiger partial charge in [-0.2, -0.15) is 0 Å². The summed E-state index contributed by atoms with van der Waals surface area (Å²) in [5.74, 6) is 0.697. The van der Waals surface area contributed by atoms with E-state index in [2.05, 4.69) is 34.1 Å². The minimum absolute atomic E-state index is 0.351. The van der Waals surface area contributed by atoms with Gasteiger partial charge in [-0.15, -0.1) is 0 Å². The highest BCUT2D eigenvalue weighted by molar-refractivity contribution is 5.95. The number of para-hydroxylation sites is 2. The molecule has 1 atom stereocenters. The van der Waals surface area contributed by atoms with E-state index in [0.717, 1.165) is 0 Å². The number of rotatable bonds is 4. The van der Waals surface area contributed by atoms with Crippen LogP contribution in [0.4, 0.5) is 11.4 Å². The summed E-state index contributed by atoms with van der Waals surface area (Å²) >= 11 is 0. The van der Waals surface area contributed by atoms with E-state index in [0.29, 0.717) is 11.5 Å². The molecule has 2 heterocycles. The molecule has 3 heteroatoms. The van der Waals surface area contributed by atoms with Gasteiger partial charge in [-0.25, -0.2) is 0 Å². The van der Waals surface area contributed by atoms with Crippen LogP contribution in [-0.2, 0) is 0 Å². The summed E-state index contributed by atoms with van der Waals surface area (Å²) in [6.07, 6.45) is 15.0. The smallest absolute Gasteiger partial charge is 0.0862 e. The maximum atomic E-state index is 5.23. The Kier molecular flexibility index (Phi) is 4.98. The van der Waals surface area contributed by atoms with Crippen LogP contribution >= 0.6 is 0 Å². The fraction of sp³-hybridized carbons (Fsp3) is 0.708. The van der Waals surface area contributed by atoms with E-state index >= 15 is 0 Å². The Hall–Kier alpha value is -1.35. The minimum atomic E-state index is 0.351. The Morgan fingerprint density at radius 2 is 1.74 bits per heavy atom. The van der Waals surface area contributed by atoms with Crippen LogP contribution in [0, 0.1) is 5.92 Å². The Morgan fingerprint density at radius 1 is 0.926 bits per heavy atom. The molecule has 5 rings (SSSR count). The molecule has 0 amide bonds. The van der Waals surface area contributed by atoms with Crippen molar-refractivity contribution in [3.8, 4) is 0 Å². The molecule has 1 saturated heterocycles. The lowest BCUT2D eigenvalue weighted by Gasteiger charge is -2.47. The van der Waals surface area contributed by atoms with Crippen molar-refractivity contribution < 1.29 is 0 Å². The number of fused-ring (bicyclic) bond motifs is 3. The van der Waals surface area contributed by atoms with Gasteiger partial charge in [0, 0.05) is 23.7 Å². The second-order valence-corrected chi connectivity index (χ2v) is 9.25. The van der Waals surface area contributed by atoms with E-state index in [1.54, 1.807) is 0 Å². The van der Waals surface area contributed by atoms with Crippen molar-refractivity contribution in [3.05, 3.63) is 24.3 Å². The quantitative estimate of drug-likeness (QED) is 0.695. The van der Waals surface area contributed by atoms with Crippen molar-refractivity contribution in [3.63, 3.8) is 0 Å². The molecule has 0 N–H and O–H groups in total. The van der Waals surface area contributed by atoms with Crippen LogP contribution in [0.5, 0.6) is 0 Å². The van der Waals surface area contributed by atoms with E-state index in [4.69, 9.17) is 4.99 Å². The Balaban J connectivity index is 1.43. The van der Waals surface area contributed by atoms with Crippen molar-refractivity contribution in [2.75, 3.05) is 31.1 Å². The molecule has 1 aromatic carbocycles. The van der Waals surface area contributed by atoms with Crippen LogP contribution in [0.1, 0.15) is 70.6 Å². The van der Waals surface area contributed by atoms with Gasteiger partial charge in [0.15, 0.2) is 0 Å². The van der Waals surface area contributed by atoms with E-state index in [9.17, 15) is 0 Å². The van der Waals surface area contributed by atoms with Crippen molar-refractivity contribution in [1.29, 1.82) is 0 Å². The number of hydrogen-bond donors (Lipinski definition) is 0. The Bertz CT molecular complexity index is 683. The van der Waals surface area contributed by atoms with Crippen molar-refractivity contribution in [2.45, 2.75) is 76.2 Å². The molecule has 146 valence electrons. The third-order valence-electron chi connectivity index (χ3n) is 7.72. The zero-order chi connectivity index (χ0) is 18.1. The van der Waals surface area contributed by atoms with Crippen molar-refractivity contribution >= 4 is 17.1 Å². The summed E-state index contributed by atoms with van der Waals surface area (Å²) < 4.78 is 0. The number of benzene rings is 1. The predicted molar refractivity (Wildman–Crippen MR) is 114 cm³/mol. The van der Waals surface area contributed by atoms with Gasteiger partial charge < -0.3 is 9.80 Å². The standard InChI is InChI=1S/C24H35N3/c1-6-16-26(17-7-1)18-9-19-27-23-13-3-2-11-22(23)25-21-12-8-10-20(21)24(27)14-4-5-15-24/h2-3,11,13,20H,1,4-10,12,14-19H2. The van der Waals surface area contributed by atoms with Gasteiger partial charge in [0.25, 0.3) is 0 Å². The predicted octanol–water partition coefficient (Wildman–Crippen LogP) is 5.57. The number of piperidine rings is 1. The molecule has 3 fully saturated rings. The highest BCUT2D eigenvalue weighted by Crippen LogP contribution is 2.52. The van der Waals surface area contributed by atoms with Gasteiger partial charge in [-0.05, 0) is 83.1 Å². The second-order valence-electron chi connectivity index (χ2n) is 9.25. The summed E-state index contributed by atoms with van der Waals surface area (Å²) in [7, 11) is 0. The zero-order valence-electron chi connectivity index (χ0n) is 16.8. The maximum Gasteiger partial charge on any atom is 0.0862 e. The summed E-state index contributed by atoms with van der Waals surface area (Å²) in [6.45, 7) is 5.11. The van der Waals surface area contributed by atoms with Crippen molar-refractivity contribution in [2.24, 2.45) is 10.9 Å². The van der Waals surface area contributed by atoms with Gasteiger partial charge in [-0.1, -0.05) is 31.4 Å². The van der Waals surface area contributed by atoms with E-state index in [1.807, 2.05) is 0 Å². The van der Waals surface area contributed by atoms with E-state index in [1.165, 1.54) is 114 Å². The summed E-state index contributed by atoms with van der Waals surface area (Å²) in [6, 6.07) is 9.00. The van der Waals surface area contributed by atoms with Gasteiger partial charge >= 0.3 is 0 Å². The summed E-state index contributed by atoms with van der Waals surface area (Å²) in [5.41, 5.74) is 4.52. The highest BCUT2D eigenvalue weighted by Gasteiger charge is 2.50. The van der Waals surface area contributed by atoms with Crippen LogP contribution in [-0.4, -0.2) is 42.3 Å². The third-order valence-corrected chi connectivity index (χ3v) is 7.72. The SMILES string of the molecule is c1ccc2c(c1)N=C1CCCC1C1(CCCC1)N2CCCN1CCCCC1. The first kappa shape index (κ1) is 17.7. The molecule has 0 radical (unpaired) electrons. The monoisotopic (exact) mass is 365 g/mol. The lowest BCUT2D eigenvalue weighted by molar-refractivity contribution is 0.223. The fourth-order valence-corrected chi connectivity index (χ4v) is 6.49. The average molecular weight is 366 g/mol. The normalized spacial score (nSPS) is 27.3. The first-order valence-electron chi connectivity index (χ1n) is 11.5. The first-order chi connectivity index (χ1) is 13.4. The minimum Gasteiger partial charge on any atom is -0.363 e. The number of likely N-dealkylation sites (tertiary alicyclic amines) is 1. The molecule has 0 bridgehead atoms. The first-order valence-corrected chi connectivity index (χ1v) is 11.5. The van der Waals surface area contributed by atoms with E-state index in [-0.39, 0.29) is 0 Å².